The van der Waals surface area contributed by atoms with Gasteiger partial charge in [0.2, 0.25) is 0 Å². The van der Waals surface area contributed by atoms with Crippen molar-refractivity contribution in [2.24, 2.45) is 5.92 Å². The van der Waals surface area contributed by atoms with E-state index in [0.29, 0.717) is 13.1 Å². The largest absolute Gasteiger partial charge is 0.480 e. The standard InChI is InChI=1S/C13H24N2O4/c1-4-15(8-10-6-5-7-19-10)13(18)14-11(9(2)3)12(16)17/h9-11H,4-8H2,1-3H3,(H,14,18)(H,16,17)/t10?,11-/m0/s1. The maximum absolute atomic E-state index is 12.1. The highest BCUT2D eigenvalue weighted by molar-refractivity contribution is 5.82. The molecule has 1 saturated heterocycles. The third-order valence-corrected chi connectivity index (χ3v) is 3.33. The third-order valence-electron chi connectivity index (χ3n) is 3.33. The van der Waals surface area contributed by atoms with E-state index in [4.69, 9.17) is 9.84 Å². The van der Waals surface area contributed by atoms with Crippen LogP contribution in [-0.4, -0.2) is 53.8 Å². The van der Waals surface area contributed by atoms with E-state index in [1.807, 2.05) is 6.92 Å². The van der Waals surface area contributed by atoms with Crippen LogP contribution in [0.5, 0.6) is 0 Å². The fraction of sp³-hybridized carbons (Fsp3) is 0.846. The van der Waals surface area contributed by atoms with Gasteiger partial charge in [0.1, 0.15) is 6.04 Å². The second-order valence-corrected chi connectivity index (χ2v) is 5.18. The number of hydrogen-bond donors (Lipinski definition) is 2. The number of amides is 2. The van der Waals surface area contributed by atoms with E-state index >= 15 is 0 Å². The number of carboxylic acid groups (broad SMARTS) is 1. The average molecular weight is 272 g/mol. The van der Waals surface area contributed by atoms with Gasteiger partial charge in [0.15, 0.2) is 0 Å². The molecule has 0 saturated carbocycles. The first-order chi connectivity index (χ1) is 8.95. The highest BCUT2D eigenvalue weighted by Gasteiger charge is 2.27. The summed E-state index contributed by atoms with van der Waals surface area (Å²) in [5, 5.41) is 11.6. The number of rotatable bonds is 6. The molecule has 6 heteroatoms. The van der Waals surface area contributed by atoms with E-state index in [2.05, 4.69) is 5.32 Å². The molecule has 0 aliphatic carbocycles. The molecular formula is C13H24N2O4. The zero-order chi connectivity index (χ0) is 14.4. The normalized spacial score (nSPS) is 20.3. The Kier molecular flexibility index (Phi) is 6.08. The minimum Gasteiger partial charge on any atom is -0.480 e. The molecule has 1 rings (SSSR count). The van der Waals surface area contributed by atoms with Gasteiger partial charge in [0, 0.05) is 19.7 Å². The van der Waals surface area contributed by atoms with Gasteiger partial charge in [-0.1, -0.05) is 13.8 Å². The Morgan fingerprint density at radius 3 is 2.58 bits per heavy atom. The highest BCUT2D eigenvalue weighted by Crippen LogP contribution is 2.13. The Labute approximate surface area is 114 Å². The molecule has 0 aromatic carbocycles. The van der Waals surface area contributed by atoms with Gasteiger partial charge >= 0.3 is 12.0 Å². The monoisotopic (exact) mass is 272 g/mol. The molecule has 0 radical (unpaired) electrons. The Hall–Kier alpha value is -1.30. The molecule has 0 bridgehead atoms. The van der Waals surface area contributed by atoms with Gasteiger partial charge in [-0.05, 0) is 25.7 Å². The number of ether oxygens (including phenoxy) is 1. The number of aliphatic carboxylic acids is 1. The van der Waals surface area contributed by atoms with Crippen molar-refractivity contribution in [1.29, 1.82) is 0 Å². The molecule has 1 heterocycles. The first-order valence-electron chi connectivity index (χ1n) is 6.85. The van der Waals surface area contributed by atoms with Gasteiger partial charge in [0.05, 0.1) is 6.10 Å². The SMILES string of the molecule is CCN(CC1CCCO1)C(=O)N[C@H](C(=O)O)C(C)C. The number of carbonyl (C=O) groups excluding carboxylic acids is 1. The van der Waals surface area contributed by atoms with Crippen molar-refractivity contribution < 1.29 is 19.4 Å². The van der Waals surface area contributed by atoms with Gasteiger partial charge in [0.25, 0.3) is 0 Å². The summed E-state index contributed by atoms with van der Waals surface area (Å²) >= 11 is 0. The molecule has 0 aromatic rings. The van der Waals surface area contributed by atoms with Crippen molar-refractivity contribution in [3.05, 3.63) is 0 Å². The van der Waals surface area contributed by atoms with Crippen molar-refractivity contribution in [2.75, 3.05) is 19.7 Å². The molecule has 2 atom stereocenters. The van der Waals surface area contributed by atoms with E-state index in [1.54, 1.807) is 18.7 Å². The Morgan fingerprint density at radius 1 is 1.47 bits per heavy atom. The highest BCUT2D eigenvalue weighted by atomic mass is 16.5. The molecule has 2 amide bonds. The maximum atomic E-state index is 12.1. The summed E-state index contributed by atoms with van der Waals surface area (Å²) in [5.41, 5.74) is 0. The van der Waals surface area contributed by atoms with Crippen LogP contribution in [0.4, 0.5) is 4.79 Å². The lowest BCUT2D eigenvalue weighted by molar-refractivity contribution is -0.140. The molecule has 6 nitrogen and oxygen atoms in total. The summed E-state index contributed by atoms with van der Waals surface area (Å²) in [6, 6.07) is -1.19. The van der Waals surface area contributed by atoms with E-state index in [0.717, 1.165) is 19.4 Å². The lowest BCUT2D eigenvalue weighted by Gasteiger charge is -2.27. The van der Waals surface area contributed by atoms with Crippen molar-refractivity contribution in [3.63, 3.8) is 0 Å². The Bertz CT molecular complexity index is 314. The predicted molar refractivity (Wildman–Crippen MR) is 71.0 cm³/mol. The zero-order valence-corrected chi connectivity index (χ0v) is 11.9. The topological polar surface area (TPSA) is 78.9 Å². The molecule has 110 valence electrons. The summed E-state index contributed by atoms with van der Waals surface area (Å²) in [5.74, 6) is -1.15. The number of carboxylic acids is 1. The van der Waals surface area contributed by atoms with Crippen LogP contribution in [0.2, 0.25) is 0 Å². The average Bonchev–Trinajstić information content (AvgIpc) is 2.84. The van der Waals surface area contributed by atoms with Crippen LogP contribution in [-0.2, 0) is 9.53 Å². The van der Waals surface area contributed by atoms with Gasteiger partial charge < -0.3 is 20.1 Å². The van der Waals surface area contributed by atoms with Gasteiger partial charge in [-0.15, -0.1) is 0 Å². The third kappa shape index (κ3) is 4.70. The number of urea groups is 1. The smallest absolute Gasteiger partial charge is 0.326 e. The molecule has 1 aliphatic heterocycles. The number of carbonyl (C=O) groups is 2. The molecule has 0 spiro atoms. The van der Waals surface area contributed by atoms with Crippen molar-refractivity contribution in [3.8, 4) is 0 Å². The number of hydrogen-bond acceptors (Lipinski definition) is 3. The second kappa shape index (κ2) is 7.33. The minimum atomic E-state index is -1.00. The van der Waals surface area contributed by atoms with E-state index in [1.165, 1.54) is 0 Å². The lowest BCUT2D eigenvalue weighted by Crippen LogP contribution is -2.51. The second-order valence-electron chi connectivity index (χ2n) is 5.18. The predicted octanol–water partition coefficient (Wildman–Crippen LogP) is 1.31. The van der Waals surface area contributed by atoms with E-state index in [9.17, 15) is 9.59 Å². The summed E-state index contributed by atoms with van der Waals surface area (Å²) in [7, 11) is 0. The number of nitrogens with one attached hydrogen (secondary N) is 1. The van der Waals surface area contributed by atoms with Crippen LogP contribution < -0.4 is 5.32 Å². The van der Waals surface area contributed by atoms with Crippen molar-refractivity contribution >= 4 is 12.0 Å². The molecule has 1 fully saturated rings. The maximum Gasteiger partial charge on any atom is 0.326 e. The van der Waals surface area contributed by atoms with Crippen LogP contribution in [0, 0.1) is 5.92 Å². The first-order valence-corrected chi connectivity index (χ1v) is 6.85. The van der Waals surface area contributed by atoms with Crippen molar-refractivity contribution in [2.45, 2.75) is 45.8 Å². The lowest BCUT2D eigenvalue weighted by atomic mass is 10.1. The summed E-state index contributed by atoms with van der Waals surface area (Å²) in [6.45, 7) is 7.22. The van der Waals surface area contributed by atoms with E-state index < -0.39 is 12.0 Å². The Balaban J connectivity index is 2.54. The van der Waals surface area contributed by atoms with Crippen LogP contribution in [0.3, 0.4) is 0 Å². The fourth-order valence-electron chi connectivity index (χ4n) is 2.13. The van der Waals surface area contributed by atoms with Crippen LogP contribution in [0.25, 0.3) is 0 Å². The molecule has 1 aliphatic rings. The van der Waals surface area contributed by atoms with Gasteiger partial charge in [-0.3, -0.25) is 0 Å². The minimum absolute atomic E-state index is 0.0769. The molecule has 0 aromatic heterocycles. The Morgan fingerprint density at radius 2 is 2.16 bits per heavy atom. The van der Waals surface area contributed by atoms with Crippen LogP contribution in [0.1, 0.15) is 33.6 Å². The summed E-state index contributed by atoms with van der Waals surface area (Å²) < 4.78 is 5.50. The van der Waals surface area contributed by atoms with Crippen LogP contribution in [0.15, 0.2) is 0 Å². The number of nitrogens with zero attached hydrogens (tertiary/aromatic N) is 1. The molecule has 19 heavy (non-hydrogen) atoms. The summed E-state index contributed by atoms with van der Waals surface area (Å²) in [6.07, 6.45) is 2.05. The number of likely N-dealkylation sites (N-methyl/N-ethyl adjacent to an activating group) is 1. The van der Waals surface area contributed by atoms with Gasteiger partial charge in [-0.2, -0.15) is 0 Å². The quantitative estimate of drug-likeness (QED) is 0.764. The molecular weight excluding hydrogens is 248 g/mol. The molecule has 1 unspecified atom stereocenters. The summed E-state index contributed by atoms with van der Waals surface area (Å²) in [4.78, 5) is 24.8. The van der Waals surface area contributed by atoms with Gasteiger partial charge in [-0.25, -0.2) is 9.59 Å². The molecule has 2 N–H and O–H groups in total. The van der Waals surface area contributed by atoms with Crippen LogP contribution >= 0.6 is 0 Å². The van der Waals surface area contributed by atoms with E-state index in [-0.39, 0.29) is 18.1 Å². The first kappa shape index (κ1) is 15.8. The zero-order valence-electron chi connectivity index (χ0n) is 11.9. The fourth-order valence-corrected chi connectivity index (χ4v) is 2.13. The van der Waals surface area contributed by atoms with Crippen molar-refractivity contribution in [1.82, 2.24) is 10.2 Å².